The summed E-state index contributed by atoms with van der Waals surface area (Å²) >= 11 is 5.91. The Balaban J connectivity index is 1.73. The van der Waals surface area contributed by atoms with E-state index in [-0.39, 0.29) is 6.61 Å². The number of aryl methyl sites for hydroxylation is 1. The first-order valence-electron chi connectivity index (χ1n) is 7.25. The first kappa shape index (κ1) is 17.6. The van der Waals surface area contributed by atoms with Crippen LogP contribution in [0.3, 0.4) is 0 Å². The molecule has 0 unspecified atom stereocenters. The van der Waals surface area contributed by atoms with Crippen LogP contribution >= 0.6 is 11.6 Å². The van der Waals surface area contributed by atoms with Crippen LogP contribution in [0.4, 0.5) is 0 Å². The van der Waals surface area contributed by atoms with Crippen LogP contribution in [0.5, 0.6) is 5.75 Å². The Morgan fingerprint density at radius 2 is 1.88 bits per heavy atom. The number of hydrogen-bond acceptors (Lipinski definition) is 3. The summed E-state index contributed by atoms with van der Waals surface area (Å²) in [6, 6.07) is 14.5. The zero-order valence-electron chi connectivity index (χ0n) is 13.1. The molecule has 2 aromatic carbocycles. The van der Waals surface area contributed by atoms with Gasteiger partial charge in [-0.15, -0.1) is 0 Å². The number of nitrogens with one attached hydrogen (secondary N) is 2. The zero-order valence-corrected chi connectivity index (χ0v) is 13.8. The highest BCUT2D eigenvalue weighted by molar-refractivity contribution is 6.31. The van der Waals surface area contributed by atoms with Crippen molar-refractivity contribution in [3.05, 3.63) is 70.8 Å². The number of carbonyl (C=O) groups is 2. The van der Waals surface area contributed by atoms with Crippen molar-refractivity contribution < 1.29 is 14.3 Å². The predicted octanol–water partition coefficient (Wildman–Crippen LogP) is 2.89. The van der Waals surface area contributed by atoms with Crippen molar-refractivity contribution in [3.8, 4) is 5.75 Å². The van der Waals surface area contributed by atoms with Gasteiger partial charge in [-0.25, -0.2) is 0 Å². The normalized spacial score (nSPS) is 10.4. The van der Waals surface area contributed by atoms with Gasteiger partial charge in [-0.3, -0.25) is 20.4 Å². The molecular formula is C18H17ClN2O3. The van der Waals surface area contributed by atoms with E-state index in [1.54, 1.807) is 24.3 Å². The van der Waals surface area contributed by atoms with Crippen LogP contribution in [0, 0.1) is 6.92 Å². The van der Waals surface area contributed by atoms with Crippen LogP contribution in [0.2, 0.25) is 5.02 Å². The van der Waals surface area contributed by atoms with E-state index in [2.05, 4.69) is 10.9 Å². The SMILES string of the molecule is Cc1cc(OCC(=O)NNC(=O)/C=C/c2ccccc2)ccc1Cl. The lowest BCUT2D eigenvalue weighted by atomic mass is 10.2. The van der Waals surface area contributed by atoms with E-state index in [0.29, 0.717) is 10.8 Å². The minimum Gasteiger partial charge on any atom is -0.484 e. The second-order valence-corrected chi connectivity index (χ2v) is 5.39. The second kappa shape index (κ2) is 8.74. The maximum Gasteiger partial charge on any atom is 0.276 e. The van der Waals surface area contributed by atoms with Crippen molar-refractivity contribution >= 4 is 29.5 Å². The fraction of sp³-hybridized carbons (Fsp3) is 0.111. The van der Waals surface area contributed by atoms with Gasteiger partial charge in [0.25, 0.3) is 11.8 Å². The molecule has 0 bridgehead atoms. The molecule has 0 heterocycles. The van der Waals surface area contributed by atoms with Gasteiger partial charge in [0.2, 0.25) is 0 Å². The van der Waals surface area contributed by atoms with E-state index in [1.165, 1.54) is 6.08 Å². The molecule has 0 radical (unpaired) electrons. The number of amides is 2. The number of ether oxygens (including phenoxy) is 1. The molecule has 0 atom stereocenters. The lowest BCUT2D eigenvalue weighted by molar-refractivity contribution is -0.128. The van der Waals surface area contributed by atoms with Crippen molar-refractivity contribution in [3.63, 3.8) is 0 Å². The van der Waals surface area contributed by atoms with Gasteiger partial charge in [0.15, 0.2) is 6.61 Å². The van der Waals surface area contributed by atoms with Crippen molar-refractivity contribution in [1.29, 1.82) is 0 Å². The predicted molar refractivity (Wildman–Crippen MR) is 93.4 cm³/mol. The minimum atomic E-state index is -0.468. The van der Waals surface area contributed by atoms with Gasteiger partial charge < -0.3 is 4.74 Å². The monoisotopic (exact) mass is 344 g/mol. The fourth-order valence-corrected chi connectivity index (χ4v) is 1.92. The number of hydrogen-bond donors (Lipinski definition) is 2. The Morgan fingerprint density at radius 3 is 2.58 bits per heavy atom. The van der Waals surface area contributed by atoms with E-state index in [1.807, 2.05) is 37.3 Å². The number of hydrazine groups is 1. The molecular weight excluding hydrogens is 328 g/mol. The summed E-state index contributed by atoms with van der Waals surface area (Å²) in [5.41, 5.74) is 6.30. The van der Waals surface area contributed by atoms with E-state index < -0.39 is 11.8 Å². The summed E-state index contributed by atoms with van der Waals surface area (Å²) < 4.78 is 5.33. The Kier molecular flexibility index (Phi) is 6.40. The minimum absolute atomic E-state index is 0.219. The molecule has 0 aromatic heterocycles. The largest absolute Gasteiger partial charge is 0.484 e. The van der Waals surface area contributed by atoms with Gasteiger partial charge >= 0.3 is 0 Å². The van der Waals surface area contributed by atoms with Gasteiger partial charge in [-0.2, -0.15) is 0 Å². The van der Waals surface area contributed by atoms with Crippen LogP contribution in [0.1, 0.15) is 11.1 Å². The lowest BCUT2D eigenvalue weighted by Gasteiger charge is -2.08. The van der Waals surface area contributed by atoms with Gasteiger partial charge in [0, 0.05) is 11.1 Å². The molecule has 0 fully saturated rings. The highest BCUT2D eigenvalue weighted by Gasteiger charge is 2.05. The standard InChI is InChI=1S/C18H17ClN2O3/c1-13-11-15(8-9-16(13)19)24-12-18(23)21-20-17(22)10-7-14-5-3-2-4-6-14/h2-11H,12H2,1H3,(H,20,22)(H,21,23)/b10-7+. The van der Waals surface area contributed by atoms with Crippen LogP contribution in [-0.4, -0.2) is 18.4 Å². The van der Waals surface area contributed by atoms with E-state index in [0.717, 1.165) is 11.1 Å². The van der Waals surface area contributed by atoms with Crippen LogP contribution in [0.25, 0.3) is 6.08 Å². The Hall–Kier alpha value is -2.79. The maximum atomic E-state index is 11.6. The van der Waals surface area contributed by atoms with Gasteiger partial charge in [-0.05, 0) is 42.3 Å². The molecule has 0 aliphatic rings. The smallest absolute Gasteiger partial charge is 0.276 e. The lowest BCUT2D eigenvalue weighted by Crippen LogP contribution is -2.43. The highest BCUT2D eigenvalue weighted by Crippen LogP contribution is 2.20. The Labute approximate surface area is 145 Å². The summed E-state index contributed by atoms with van der Waals surface area (Å²) in [7, 11) is 0. The number of carbonyl (C=O) groups excluding carboxylic acids is 2. The van der Waals surface area contributed by atoms with Crippen LogP contribution < -0.4 is 15.6 Å². The Bertz CT molecular complexity index is 745. The molecule has 2 rings (SSSR count). The third kappa shape index (κ3) is 5.78. The van der Waals surface area contributed by atoms with E-state index in [4.69, 9.17) is 16.3 Å². The summed E-state index contributed by atoms with van der Waals surface area (Å²) in [6.07, 6.45) is 2.98. The molecule has 2 N–H and O–H groups in total. The first-order valence-corrected chi connectivity index (χ1v) is 7.63. The quantitative estimate of drug-likeness (QED) is 0.647. The van der Waals surface area contributed by atoms with Gasteiger partial charge in [0.05, 0.1) is 0 Å². The van der Waals surface area contributed by atoms with Crippen molar-refractivity contribution in [2.24, 2.45) is 0 Å². The molecule has 0 saturated heterocycles. The average Bonchev–Trinajstić information content (AvgIpc) is 2.60. The molecule has 6 heteroatoms. The molecule has 24 heavy (non-hydrogen) atoms. The molecule has 2 aromatic rings. The number of benzene rings is 2. The molecule has 124 valence electrons. The molecule has 0 spiro atoms. The summed E-state index contributed by atoms with van der Waals surface area (Å²) in [5, 5.41) is 0.629. The summed E-state index contributed by atoms with van der Waals surface area (Å²) in [5.74, 6) is -0.374. The zero-order chi connectivity index (χ0) is 17.4. The first-order chi connectivity index (χ1) is 11.5. The third-order valence-corrected chi connectivity index (χ3v) is 3.48. The molecule has 2 amide bonds. The molecule has 0 aliphatic carbocycles. The van der Waals surface area contributed by atoms with E-state index in [9.17, 15) is 9.59 Å². The Morgan fingerprint density at radius 1 is 1.12 bits per heavy atom. The average molecular weight is 345 g/mol. The molecule has 0 aliphatic heterocycles. The van der Waals surface area contributed by atoms with Crippen molar-refractivity contribution in [1.82, 2.24) is 10.9 Å². The van der Waals surface area contributed by atoms with Crippen molar-refractivity contribution in [2.45, 2.75) is 6.92 Å². The molecule has 0 saturated carbocycles. The topological polar surface area (TPSA) is 67.4 Å². The highest BCUT2D eigenvalue weighted by atomic mass is 35.5. The van der Waals surface area contributed by atoms with Gasteiger partial charge in [0.1, 0.15) is 5.75 Å². The van der Waals surface area contributed by atoms with E-state index >= 15 is 0 Å². The summed E-state index contributed by atoms with van der Waals surface area (Å²) in [6.45, 7) is 1.62. The van der Waals surface area contributed by atoms with Crippen molar-refractivity contribution in [2.75, 3.05) is 6.61 Å². The third-order valence-electron chi connectivity index (χ3n) is 3.05. The summed E-state index contributed by atoms with van der Waals surface area (Å²) in [4.78, 5) is 23.3. The number of halogens is 1. The second-order valence-electron chi connectivity index (χ2n) is 4.98. The van der Waals surface area contributed by atoms with Gasteiger partial charge in [-0.1, -0.05) is 41.9 Å². The fourth-order valence-electron chi connectivity index (χ4n) is 1.80. The van der Waals surface area contributed by atoms with Crippen LogP contribution in [-0.2, 0) is 9.59 Å². The molecule has 5 nitrogen and oxygen atoms in total. The maximum absolute atomic E-state index is 11.6. The number of rotatable bonds is 5. The van der Waals surface area contributed by atoms with Crippen LogP contribution in [0.15, 0.2) is 54.6 Å².